The van der Waals surface area contributed by atoms with Crippen molar-refractivity contribution in [3.8, 4) is 0 Å². The number of hydrogen-bond donors (Lipinski definition) is 0. The summed E-state index contributed by atoms with van der Waals surface area (Å²) in [4.78, 5) is 32.1. The molecule has 1 aromatic rings. The number of hydrogen-bond acceptors (Lipinski definition) is 4. The zero-order chi connectivity index (χ0) is 9.84. The molecule has 0 fully saturated rings. The van der Waals surface area contributed by atoms with Gasteiger partial charge in [0.05, 0.1) is 15.6 Å². The minimum absolute atomic E-state index is 0.146. The van der Waals surface area contributed by atoms with Gasteiger partial charge in [0.15, 0.2) is 12.1 Å². The van der Waals surface area contributed by atoms with Crippen LogP contribution in [0.4, 0.5) is 0 Å². The molecule has 1 rings (SSSR count). The first-order valence-electron chi connectivity index (χ1n) is 3.40. The Hall–Kier alpha value is -1.000. The molecule has 68 valence electrons. The third kappa shape index (κ3) is 2.75. The van der Waals surface area contributed by atoms with E-state index in [2.05, 4.69) is 0 Å². The maximum absolute atomic E-state index is 11.2. The molecule has 5 heteroatoms. The van der Waals surface area contributed by atoms with Gasteiger partial charge in [-0.3, -0.25) is 14.4 Å². The van der Waals surface area contributed by atoms with Gasteiger partial charge in [0.2, 0.25) is 5.78 Å². The molecule has 0 N–H and O–H groups in total. The number of thiophene rings is 1. The average Bonchev–Trinajstić information content (AvgIpc) is 2.51. The molecule has 0 atom stereocenters. The van der Waals surface area contributed by atoms with Crippen LogP contribution in [-0.4, -0.2) is 17.9 Å². The Morgan fingerprint density at radius 2 is 2.15 bits per heavy atom. The van der Waals surface area contributed by atoms with Crippen molar-refractivity contribution in [2.75, 3.05) is 0 Å². The fourth-order valence-corrected chi connectivity index (χ4v) is 1.73. The summed E-state index contributed by atoms with van der Waals surface area (Å²) in [5.41, 5.74) is 0. The lowest BCUT2D eigenvalue weighted by Crippen LogP contribution is -2.07. The highest BCUT2D eigenvalue weighted by molar-refractivity contribution is 7.18. The van der Waals surface area contributed by atoms with E-state index < -0.39 is 5.78 Å². The second-order valence-electron chi connectivity index (χ2n) is 2.29. The Bertz CT molecular complexity index is 356. The Morgan fingerprint density at radius 1 is 1.46 bits per heavy atom. The molecular weight excluding hydrogens is 212 g/mol. The topological polar surface area (TPSA) is 51.2 Å². The summed E-state index contributed by atoms with van der Waals surface area (Å²) in [6, 6.07) is 3.11. The van der Waals surface area contributed by atoms with Crippen molar-refractivity contribution in [3.05, 3.63) is 21.3 Å². The van der Waals surface area contributed by atoms with Crippen LogP contribution >= 0.6 is 22.9 Å². The lowest BCUT2D eigenvalue weighted by molar-refractivity contribution is -0.129. The Balaban J connectivity index is 2.69. The number of ketones is 2. The van der Waals surface area contributed by atoms with Gasteiger partial charge >= 0.3 is 0 Å². The molecular formula is C8H5ClO3S. The van der Waals surface area contributed by atoms with Crippen LogP contribution in [0.3, 0.4) is 0 Å². The van der Waals surface area contributed by atoms with Gasteiger partial charge in [-0.1, -0.05) is 11.6 Å². The van der Waals surface area contributed by atoms with Gasteiger partial charge in [-0.25, -0.2) is 0 Å². The van der Waals surface area contributed by atoms with Crippen molar-refractivity contribution in [1.82, 2.24) is 0 Å². The van der Waals surface area contributed by atoms with E-state index in [-0.39, 0.29) is 18.5 Å². The maximum atomic E-state index is 11.2. The van der Waals surface area contributed by atoms with E-state index in [1.54, 1.807) is 6.07 Å². The van der Waals surface area contributed by atoms with Gasteiger partial charge < -0.3 is 0 Å². The van der Waals surface area contributed by atoms with Crippen LogP contribution in [0.25, 0.3) is 0 Å². The number of carbonyl (C=O) groups excluding carboxylic acids is 3. The van der Waals surface area contributed by atoms with Gasteiger partial charge in [0.25, 0.3) is 0 Å². The first-order valence-corrected chi connectivity index (χ1v) is 4.59. The van der Waals surface area contributed by atoms with E-state index in [4.69, 9.17) is 11.6 Å². The molecule has 0 aliphatic carbocycles. The monoisotopic (exact) mass is 216 g/mol. The van der Waals surface area contributed by atoms with Crippen LogP contribution in [0.2, 0.25) is 4.34 Å². The molecule has 0 amide bonds. The van der Waals surface area contributed by atoms with Crippen molar-refractivity contribution in [3.63, 3.8) is 0 Å². The van der Waals surface area contributed by atoms with E-state index in [1.165, 1.54) is 6.07 Å². The van der Waals surface area contributed by atoms with Gasteiger partial charge in [-0.15, -0.1) is 11.3 Å². The largest absolute Gasteiger partial charge is 0.295 e. The van der Waals surface area contributed by atoms with Crippen molar-refractivity contribution >= 4 is 40.8 Å². The van der Waals surface area contributed by atoms with Gasteiger partial charge in [0, 0.05) is 0 Å². The normalized spacial score (nSPS) is 9.62. The number of aldehydes is 1. The molecule has 0 saturated heterocycles. The molecule has 0 unspecified atom stereocenters. The Morgan fingerprint density at radius 3 is 2.62 bits per heavy atom. The second-order valence-corrected chi connectivity index (χ2v) is 4.00. The molecule has 1 aromatic heterocycles. The van der Waals surface area contributed by atoms with E-state index in [0.717, 1.165) is 11.3 Å². The third-order valence-electron chi connectivity index (χ3n) is 1.31. The van der Waals surface area contributed by atoms with Crippen LogP contribution in [0.5, 0.6) is 0 Å². The predicted octanol–water partition coefficient (Wildman–Crippen LogP) is 1.74. The summed E-state index contributed by atoms with van der Waals surface area (Å²) in [6.07, 6.45) is -0.229. The van der Waals surface area contributed by atoms with Crippen molar-refractivity contribution in [2.45, 2.75) is 6.42 Å². The van der Waals surface area contributed by atoms with Crippen LogP contribution in [0, 0.1) is 0 Å². The summed E-state index contributed by atoms with van der Waals surface area (Å²) in [7, 11) is 0. The first kappa shape index (κ1) is 10.1. The van der Waals surface area contributed by atoms with Gasteiger partial charge in [-0.05, 0) is 12.1 Å². The molecule has 0 spiro atoms. The van der Waals surface area contributed by atoms with Gasteiger partial charge in [0.1, 0.15) is 0 Å². The molecule has 0 radical (unpaired) electrons. The van der Waals surface area contributed by atoms with E-state index in [1.807, 2.05) is 0 Å². The van der Waals surface area contributed by atoms with Crippen molar-refractivity contribution in [1.29, 1.82) is 0 Å². The molecule has 0 aliphatic heterocycles. The lowest BCUT2D eigenvalue weighted by Gasteiger charge is -1.90. The van der Waals surface area contributed by atoms with E-state index in [0.29, 0.717) is 9.21 Å². The quantitative estimate of drug-likeness (QED) is 0.333. The summed E-state index contributed by atoms with van der Waals surface area (Å²) in [6.45, 7) is 0. The van der Waals surface area contributed by atoms with Crippen LogP contribution < -0.4 is 0 Å². The zero-order valence-corrected chi connectivity index (χ0v) is 8.02. The smallest absolute Gasteiger partial charge is 0.202 e. The van der Waals surface area contributed by atoms with E-state index in [9.17, 15) is 14.4 Å². The Labute approximate surface area is 83.3 Å². The van der Waals surface area contributed by atoms with Crippen LogP contribution in [0.15, 0.2) is 12.1 Å². The number of carbonyl (C=O) groups is 3. The highest BCUT2D eigenvalue weighted by Crippen LogP contribution is 2.22. The minimum Gasteiger partial charge on any atom is -0.295 e. The molecule has 0 aromatic carbocycles. The van der Waals surface area contributed by atoms with Crippen molar-refractivity contribution in [2.24, 2.45) is 0 Å². The van der Waals surface area contributed by atoms with Crippen LogP contribution in [0.1, 0.15) is 16.1 Å². The highest BCUT2D eigenvalue weighted by atomic mass is 35.5. The molecule has 0 saturated carbocycles. The minimum atomic E-state index is -0.713. The zero-order valence-electron chi connectivity index (χ0n) is 6.45. The van der Waals surface area contributed by atoms with Crippen LogP contribution in [-0.2, 0) is 9.59 Å². The molecule has 0 aliphatic rings. The standard InChI is InChI=1S/C8H5ClO3S/c9-8-2-1-7(13-8)6(12)3-5(11)4-10/h1-2,4H,3H2. The summed E-state index contributed by atoms with van der Waals surface area (Å²) < 4.78 is 0.488. The number of Topliss-reactive ketones (excluding diaryl/α,β-unsaturated/α-hetero) is 2. The molecule has 1 heterocycles. The highest BCUT2D eigenvalue weighted by Gasteiger charge is 2.12. The lowest BCUT2D eigenvalue weighted by atomic mass is 10.2. The molecule has 0 bridgehead atoms. The third-order valence-corrected chi connectivity index (χ3v) is 2.59. The second kappa shape index (κ2) is 4.30. The predicted molar refractivity (Wildman–Crippen MR) is 49.3 cm³/mol. The summed E-state index contributed by atoms with van der Waals surface area (Å²) in [5.74, 6) is -1.08. The summed E-state index contributed by atoms with van der Waals surface area (Å²) in [5, 5.41) is 0. The van der Waals surface area contributed by atoms with Gasteiger partial charge in [-0.2, -0.15) is 0 Å². The van der Waals surface area contributed by atoms with E-state index >= 15 is 0 Å². The summed E-state index contributed by atoms with van der Waals surface area (Å²) >= 11 is 6.68. The Kier molecular flexibility index (Phi) is 3.33. The SMILES string of the molecule is O=CC(=O)CC(=O)c1ccc(Cl)s1. The maximum Gasteiger partial charge on any atom is 0.202 e. The van der Waals surface area contributed by atoms with Crippen molar-refractivity contribution < 1.29 is 14.4 Å². The first-order chi connectivity index (χ1) is 6.13. The molecule has 13 heavy (non-hydrogen) atoms. The number of rotatable bonds is 4. The fourth-order valence-electron chi connectivity index (χ4n) is 0.751. The number of halogens is 1. The average molecular weight is 217 g/mol. The fraction of sp³-hybridized carbons (Fsp3) is 0.125. The molecule has 3 nitrogen and oxygen atoms in total.